The fourth-order valence-electron chi connectivity index (χ4n) is 2.58. The molecule has 1 aliphatic heterocycles. The Hall–Kier alpha value is -1.23. The highest BCUT2D eigenvalue weighted by atomic mass is 79.9. The average Bonchev–Trinajstić information content (AvgIpc) is 2.44. The number of benzene rings is 1. The van der Waals surface area contributed by atoms with Gasteiger partial charge in [-0.2, -0.15) is 0 Å². The number of likely N-dealkylation sites (tertiary alicyclic amines) is 1. The van der Waals surface area contributed by atoms with Gasteiger partial charge in [-0.15, -0.1) is 0 Å². The summed E-state index contributed by atoms with van der Waals surface area (Å²) in [6.45, 7) is 8.14. The van der Waals surface area contributed by atoms with E-state index in [1.165, 1.54) is 0 Å². The van der Waals surface area contributed by atoms with Gasteiger partial charge in [0, 0.05) is 29.8 Å². The van der Waals surface area contributed by atoms with Crippen LogP contribution in [0.15, 0.2) is 28.7 Å². The minimum atomic E-state index is -0.432. The number of halogens is 1. The standard InChI is InChI=1S/C17H25BrN2O2/c1-17(2,3)22-16(21)20-9-5-6-13(12-20)11-19-15-8-4-7-14(18)10-15/h4,7-8,10,13,19H,5-6,9,11-12H2,1-3H3/t13-/m0/s1. The second-order valence-electron chi connectivity index (χ2n) is 6.83. The number of nitrogens with one attached hydrogen (secondary N) is 1. The summed E-state index contributed by atoms with van der Waals surface area (Å²) in [4.78, 5) is 14.0. The van der Waals surface area contributed by atoms with Crippen molar-refractivity contribution < 1.29 is 9.53 Å². The Bertz CT molecular complexity index is 514. The molecule has 1 saturated heterocycles. The summed E-state index contributed by atoms with van der Waals surface area (Å²) in [6.07, 6.45) is 1.98. The summed E-state index contributed by atoms with van der Waals surface area (Å²) < 4.78 is 6.53. The molecule has 0 aromatic heterocycles. The number of piperidine rings is 1. The molecule has 4 nitrogen and oxygen atoms in total. The molecule has 1 N–H and O–H groups in total. The second-order valence-corrected chi connectivity index (χ2v) is 7.74. The van der Waals surface area contributed by atoms with Crippen molar-refractivity contribution in [3.05, 3.63) is 28.7 Å². The van der Waals surface area contributed by atoms with Gasteiger partial charge in [0.25, 0.3) is 0 Å². The zero-order valence-corrected chi connectivity index (χ0v) is 15.1. The van der Waals surface area contributed by atoms with Crippen LogP contribution in [0.4, 0.5) is 10.5 Å². The van der Waals surface area contributed by atoms with Crippen molar-refractivity contribution in [3.63, 3.8) is 0 Å². The number of ether oxygens (including phenoxy) is 1. The zero-order chi connectivity index (χ0) is 16.2. The van der Waals surface area contributed by atoms with Gasteiger partial charge < -0.3 is 15.0 Å². The third kappa shape index (κ3) is 5.52. The lowest BCUT2D eigenvalue weighted by Gasteiger charge is -2.34. The van der Waals surface area contributed by atoms with E-state index in [-0.39, 0.29) is 6.09 Å². The van der Waals surface area contributed by atoms with Crippen LogP contribution in [0.3, 0.4) is 0 Å². The predicted octanol–water partition coefficient (Wildman–Crippen LogP) is 4.51. The van der Waals surface area contributed by atoms with Gasteiger partial charge in [0.2, 0.25) is 0 Å². The molecular formula is C17H25BrN2O2. The van der Waals surface area contributed by atoms with Crippen molar-refractivity contribution >= 4 is 27.7 Å². The molecule has 2 rings (SSSR count). The van der Waals surface area contributed by atoms with Crippen LogP contribution in [0.25, 0.3) is 0 Å². The van der Waals surface area contributed by atoms with Gasteiger partial charge in [0.1, 0.15) is 5.60 Å². The molecule has 1 aromatic carbocycles. The summed E-state index contributed by atoms with van der Waals surface area (Å²) >= 11 is 3.48. The Morgan fingerprint density at radius 3 is 2.91 bits per heavy atom. The number of rotatable bonds is 3. The van der Waals surface area contributed by atoms with E-state index >= 15 is 0 Å². The monoisotopic (exact) mass is 368 g/mol. The molecule has 0 radical (unpaired) electrons. The highest BCUT2D eigenvalue weighted by Gasteiger charge is 2.27. The van der Waals surface area contributed by atoms with Crippen LogP contribution in [0, 0.1) is 5.92 Å². The van der Waals surface area contributed by atoms with Crippen LogP contribution < -0.4 is 5.32 Å². The molecule has 1 fully saturated rings. The number of nitrogens with zero attached hydrogens (tertiary/aromatic N) is 1. The van der Waals surface area contributed by atoms with E-state index in [1.54, 1.807) is 0 Å². The van der Waals surface area contributed by atoms with Crippen molar-refractivity contribution in [3.8, 4) is 0 Å². The van der Waals surface area contributed by atoms with Crippen LogP contribution in [-0.4, -0.2) is 36.2 Å². The molecule has 122 valence electrons. The molecule has 1 aliphatic rings. The molecule has 0 bridgehead atoms. The second kappa shape index (κ2) is 7.36. The maximum Gasteiger partial charge on any atom is 0.410 e. The minimum Gasteiger partial charge on any atom is -0.444 e. The van der Waals surface area contributed by atoms with E-state index in [1.807, 2.05) is 37.8 Å². The van der Waals surface area contributed by atoms with Crippen molar-refractivity contribution in [1.29, 1.82) is 0 Å². The Morgan fingerprint density at radius 1 is 1.45 bits per heavy atom. The normalized spacial score (nSPS) is 18.9. The lowest BCUT2D eigenvalue weighted by atomic mass is 9.98. The molecule has 5 heteroatoms. The van der Waals surface area contributed by atoms with E-state index in [2.05, 4.69) is 33.4 Å². The maximum atomic E-state index is 12.2. The first-order chi connectivity index (χ1) is 10.3. The third-order valence-electron chi connectivity index (χ3n) is 3.59. The number of carbonyl (C=O) groups excluding carboxylic acids is 1. The molecule has 0 saturated carbocycles. The fraction of sp³-hybridized carbons (Fsp3) is 0.588. The van der Waals surface area contributed by atoms with Gasteiger partial charge in [-0.1, -0.05) is 22.0 Å². The summed E-state index contributed by atoms with van der Waals surface area (Å²) in [7, 11) is 0. The highest BCUT2D eigenvalue weighted by Crippen LogP contribution is 2.21. The van der Waals surface area contributed by atoms with Crippen LogP contribution >= 0.6 is 15.9 Å². The topological polar surface area (TPSA) is 41.6 Å². The van der Waals surface area contributed by atoms with Gasteiger partial charge in [0.15, 0.2) is 0 Å². The van der Waals surface area contributed by atoms with Gasteiger partial charge in [-0.25, -0.2) is 4.79 Å². The molecule has 0 spiro atoms. The van der Waals surface area contributed by atoms with E-state index in [4.69, 9.17) is 4.74 Å². The van der Waals surface area contributed by atoms with Gasteiger partial charge in [0.05, 0.1) is 0 Å². The molecule has 1 heterocycles. The van der Waals surface area contributed by atoms with Crippen molar-refractivity contribution in [2.75, 3.05) is 25.0 Å². The molecule has 22 heavy (non-hydrogen) atoms. The first kappa shape index (κ1) is 17.1. The highest BCUT2D eigenvalue weighted by molar-refractivity contribution is 9.10. The van der Waals surface area contributed by atoms with Gasteiger partial charge >= 0.3 is 6.09 Å². The largest absolute Gasteiger partial charge is 0.444 e. The molecule has 1 atom stereocenters. The smallest absolute Gasteiger partial charge is 0.410 e. The van der Waals surface area contributed by atoms with Crippen molar-refractivity contribution in [2.24, 2.45) is 5.92 Å². The summed E-state index contributed by atoms with van der Waals surface area (Å²) in [5, 5.41) is 3.45. The molecule has 1 aromatic rings. The number of hydrogen-bond acceptors (Lipinski definition) is 3. The predicted molar refractivity (Wildman–Crippen MR) is 93.2 cm³/mol. The van der Waals surface area contributed by atoms with Gasteiger partial charge in [-0.3, -0.25) is 0 Å². The molecule has 0 aliphatic carbocycles. The van der Waals surface area contributed by atoms with E-state index in [0.717, 1.165) is 42.6 Å². The number of hydrogen-bond donors (Lipinski definition) is 1. The first-order valence-electron chi connectivity index (χ1n) is 7.81. The van der Waals surface area contributed by atoms with Crippen molar-refractivity contribution in [1.82, 2.24) is 4.90 Å². The van der Waals surface area contributed by atoms with Crippen LogP contribution in [0.2, 0.25) is 0 Å². The Morgan fingerprint density at radius 2 is 2.23 bits per heavy atom. The van der Waals surface area contributed by atoms with Crippen LogP contribution in [-0.2, 0) is 4.74 Å². The van der Waals surface area contributed by atoms with E-state index < -0.39 is 5.60 Å². The number of amides is 1. The van der Waals surface area contributed by atoms with Crippen molar-refractivity contribution in [2.45, 2.75) is 39.2 Å². The van der Waals surface area contributed by atoms with Crippen LogP contribution in [0.5, 0.6) is 0 Å². The minimum absolute atomic E-state index is 0.195. The van der Waals surface area contributed by atoms with E-state index in [9.17, 15) is 4.79 Å². The Kier molecular flexibility index (Phi) is 5.73. The molecular weight excluding hydrogens is 344 g/mol. The first-order valence-corrected chi connectivity index (χ1v) is 8.60. The Balaban J connectivity index is 1.84. The van der Waals surface area contributed by atoms with Gasteiger partial charge in [-0.05, 0) is 57.7 Å². The lowest BCUT2D eigenvalue weighted by molar-refractivity contribution is 0.0172. The third-order valence-corrected chi connectivity index (χ3v) is 4.08. The SMILES string of the molecule is CC(C)(C)OC(=O)N1CCC[C@@H](CNc2cccc(Br)c2)C1. The fourth-order valence-corrected chi connectivity index (χ4v) is 2.98. The zero-order valence-electron chi connectivity index (χ0n) is 13.6. The summed E-state index contributed by atoms with van der Waals surface area (Å²) in [5.74, 6) is 0.459. The molecule has 1 amide bonds. The van der Waals surface area contributed by atoms with E-state index in [0.29, 0.717) is 5.92 Å². The number of anilines is 1. The average molecular weight is 369 g/mol. The number of carbonyl (C=O) groups is 1. The van der Waals surface area contributed by atoms with Crippen LogP contribution in [0.1, 0.15) is 33.6 Å². The summed E-state index contributed by atoms with van der Waals surface area (Å²) in [5.41, 5.74) is 0.669. The molecule has 0 unspecified atom stereocenters. The maximum absolute atomic E-state index is 12.2. The quantitative estimate of drug-likeness (QED) is 0.853. The Labute approximate surface area is 141 Å². The lowest BCUT2D eigenvalue weighted by Crippen LogP contribution is -2.44. The summed E-state index contributed by atoms with van der Waals surface area (Å²) in [6, 6.07) is 8.14.